The maximum Gasteiger partial charge on any atom is 0.317 e. The van der Waals surface area contributed by atoms with Gasteiger partial charge in [0.25, 0.3) is 0 Å². The molecule has 1 aliphatic rings. The second-order valence-electron chi connectivity index (χ2n) is 4.91. The van der Waals surface area contributed by atoms with Crippen molar-refractivity contribution in [1.82, 2.24) is 10.2 Å². The van der Waals surface area contributed by atoms with Gasteiger partial charge in [0, 0.05) is 24.1 Å². The second kappa shape index (κ2) is 6.23. The Bertz CT molecular complexity index is 399. The van der Waals surface area contributed by atoms with E-state index in [1.165, 1.54) is 12.8 Å². The Morgan fingerprint density at radius 1 is 1.33 bits per heavy atom. The van der Waals surface area contributed by atoms with E-state index in [-0.39, 0.29) is 6.03 Å². The molecule has 0 unspecified atom stereocenters. The molecule has 0 spiro atoms. The first-order valence-electron chi connectivity index (χ1n) is 6.41. The monoisotopic (exact) mass is 310 g/mol. The molecule has 0 aromatic heterocycles. The average Bonchev–Trinajstić information content (AvgIpc) is 2.85. The van der Waals surface area contributed by atoms with Gasteiger partial charge in [-0.15, -0.1) is 0 Å². The van der Waals surface area contributed by atoms with Gasteiger partial charge in [-0.1, -0.05) is 40.9 Å². The highest BCUT2D eigenvalue weighted by Crippen LogP contribution is 2.18. The third-order valence-electron chi connectivity index (χ3n) is 3.36. The zero-order valence-electron chi connectivity index (χ0n) is 10.7. The largest absolute Gasteiger partial charge is 0.335 e. The van der Waals surface area contributed by atoms with Crippen molar-refractivity contribution in [2.75, 3.05) is 7.05 Å². The van der Waals surface area contributed by atoms with E-state index in [0.717, 1.165) is 22.9 Å². The Kier molecular flexibility index (Phi) is 4.64. The smallest absolute Gasteiger partial charge is 0.317 e. The highest BCUT2D eigenvalue weighted by Gasteiger charge is 2.18. The quantitative estimate of drug-likeness (QED) is 0.910. The van der Waals surface area contributed by atoms with Crippen LogP contribution in [0, 0.1) is 0 Å². The van der Waals surface area contributed by atoms with E-state index in [0.29, 0.717) is 12.6 Å². The first kappa shape index (κ1) is 13.4. The summed E-state index contributed by atoms with van der Waals surface area (Å²) in [6, 6.07) is 8.47. The molecule has 1 N–H and O–H groups in total. The van der Waals surface area contributed by atoms with Crippen molar-refractivity contribution in [1.29, 1.82) is 0 Å². The number of halogens is 1. The van der Waals surface area contributed by atoms with Gasteiger partial charge in [0.05, 0.1) is 0 Å². The first-order chi connectivity index (χ1) is 8.65. The minimum atomic E-state index is 0.0322. The van der Waals surface area contributed by atoms with Crippen molar-refractivity contribution in [3.63, 3.8) is 0 Å². The van der Waals surface area contributed by atoms with Gasteiger partial charge < -0.3 is 10.2 Å². The predicted molar refractivity (Wildman–Crippen MR) is 76.4 cm³/mol. The molecule has 3 nitrogen and oxygen atoms in total. The van der Waals surface area contributed by atoms with Gasteiger partial charge in [0.15, 0.2) is 0 Å². The van der Waals surface area contributed by atoms with Crippen LogP contribution < -0.4 is 5.32 Å². The van der Waals surface area contributed by atoms with Crippen molar-refractivity contribution < 1.29 is 4.79 Å². The molecule has 1 aromatic rings. The van der Waals surface area contributed by atoms with E-state index in [1.807, 2.05) is 31.3 Å². The lowest BCUT2D eigenvalue weighted by atomic mass is 10.2. The van der Waals surface area contributed by atoms with Crippen LogP contribution >= 0.6 is 15.9 Å². The fourth-order valence-corrected chi connectivity index (χ4v) is 2.55. The molecular weight excluding hydrogens is 292 g/mol. The van der Waals surface area contributed by atoms with Crippen LogP contribution in [0.15, 0.2) is 28.7 Å². The van der Waals surface area contributed by atoms with Crippen LogP contribution in [-0.4, -0.2) is 24.0 Å². The van der Waals surface area contributed by atoms with Crippen LogP contribution in [0.5, 0.6) is 0 Å². The minimum Gasteiger partial charge on any atom is -0.335 e. The first-order valence-corrected chi connectivity index (χ1v) is 7.20. The molecule has 18 heavy (non-hydrogen) atoms. The third-order valence-corrected chi connectivity index (χ3v) is 3.89. The molecule has 0 saturated heterocycles. The van der Waals surface area contributed by atoms with Crippen molar-refractivity contribution in [2.24, 2.45) is 0 Å². The van der Waals surface area contributed by atoms with E-state index >= 15 is 0 Å². The highest BCUT2D eigenvalue weighted by molar-refractivity contribution is 9.10. The Hall–Kier alpha value is -1.03. The molecule has 4 heteroatoms. The predicted octanol–water partition coefficient (Wildman–Crippen LogP) is 3.53. The summed E-state index contributed by atoms with van der Waals surface area (Å²) in [6.07, 6.45) is 4.72. The number of hydrogen-bond acceptors (Lipinski definition) is 1. The summed E-state index contributed by atoms with van der Waals surface area (Å²) >= 11 is 3.41. The lowest BCUT2D eigenvalue weighted by Gasteiger charge is -2.21. The lowest BCUT2D eigenvalue weighted by Crippen LogP contribution is -2.41. The Labute approximate surface area is 117 Å². The number of amides is 2. The topological polar surface area (TPSA) is 32.3 Å². The van der Waals surface area contributed by atoms with Crippen molar-refractivity contribution in [3.05, 3.63) is 34.3 Å². The molecule has 0 aliphatic heterocycles. The Morgan fingerprint density at radius 3 is 2.56 bits per heavy atom. The molecule has 0 atom stereocenters. The zero-order valence-corrected chi connectivity index (χ0v) is 12.2. The summed E-state index contributed by atoms with van der Waals surface area (Å²) < 4.78 is 1.06. The number of rotatable bonds is 3. The molecule has 98 valence electrons. The third kappa shape index (κ3) is 3.73. The van der Waals surface area contributed by atoms with E-state index in [9.17, 15) is 4.79 Å². The van der Waals surface area contributed by atoms with Gasteiger partial charge >= 0.3 is 6.03 Å². The van der Waals surface area contributed by atoms with Gasteiger partial charge in [0.2, 0.25) is 0 Å². The summed E-state index contributed by atoms with van der Waals surface area (Å²) in [7, 11) is 1.84. The fourth-order valence-electron chi connectivity index (χ4n) is 2.29. The van der Waals surface area contributed by atoms with Gasteiger partial charge in [-0.2, -0.15) is 0 Å². The summed E-state index contributed by atoms with van der Waals surface area (Å²) in [5.74, 6) is 0. The maximum atomic E-state index is 12.0. The number of nitrogens with zero attached hydrogens (tertiary/aromatic N) is 1. The molecule has 1 aliphatic carbocycles. The Balaban J connectivity index is 1.84. The number of hydrogen-bond donors (Lipinski definition) is 1. The number of benzene rings is 1. The summed E-state index contributed by atoms with van der Waals surface area (Å²) in [6.45, 7) is 0.645. The Morgan fingerprint density at radius 2 is 1.94 bits per heavy atom. The molecule has 1 aromatic carbocycles. The molecule has 0 radical (unpaired) electrons. The number of carbonyl (C=O) groups excluding carboxylic acids is 1. The minimum absolute atomic E-state index is 0.0322. The van der Waals surface area contributed by atoms with Crippen LogP contribution in [0.1, 0.15) is 31.2 Å². The second-order valence-corrected chi connectivity index (χ2v) is 5.83. The zero-order chi connectivity index (χ0) is 13.0. The van der Waals surface area contributed by atoms with Crippen LogP contribution in [0.3, 0.4) is 0 Å². The van der Waals surface area contributed by atoms with E-state index < -0.39 is 0 Å². The molecule has 1 fully saturated rings. The molecule has 0 heterocycles. The highest BCUT2D eigenvalue weighted by atomic mass is 79.9. The van der Waals surface area contributed by atoms with Crippen LogP contribution in [0.25, 0.3) is 0 Å². The van der Waals surface area contributed by atoms with Crippen molar-refractivity contribution in [3.8, 4) is 0 Å². The van der Waals surface area contributed by atoms with Gasteiger partial charge in [0.1, 0.15) is 0 Å². The van der Waals surface area contributed by atoms with E-state index in [1.54, 1.807) is 4.90 Å². The lowest BCUT2D eigenvalue weighted by molar-refractivity contribution is 0.203. The molecule has 0 bridgehead atoms. The molecule has 2 amide bonds. The molecular formula is C14H19BrN2O. The number of urea groups is 1. The summed E-state index contributed by atoms with van der Waals surface area (Å²) in [5, 5.41) is 3.09. The SMILES string of the molecule is CN(Cc1ccc(Br)cc1)C(=O)NC1CCCC1. The van der Waals surface area contributed by atoms with Crippen molar-refractivity contribution >= 4 is 22.0 Å². The van der Waals surface area contributed by atoms with Gasteiger partial charge in [-0.3, -0.25) is 0 Å². The van der Waals surface area contributed by atoms with Gasteiger partial charge in [-0.05, 0) is 30.5 Å². The van der Waals surface area contributed by atoms with Gasteiger partial charge in [-0.25, -0.2) is 4.79 Å². The van der Waals surface area contributed by atoms with E-state index in [4.69, 9.17) is 0 Å². The molecule has 2 rings (SSSR count). The fraction of sp³-hybridized carbons (Fsp3) is 0.500. The number of carbonyl (C=O) groups is 1. The van der Waals surface area contributed by atoms with Crippen LogP contribution in [0.4, 0.5) is 4.79 Å². The molecule has 1 saturated carbocycles. The maximum absolute atomic E-state index is 12.0. The summed E-state index contributed by atoms with van der Waals surface area (Å²) in [4.78, 5) is 13.7. The standard InChI is InChI=1S/C14H19BrN2O/c1-17(10-11-6-8-12(15)9-7-11)14(18)16-13-4-2-3-5-13/h6-9,13H,2-5,10H2,1H3,(H,16,18). The van der Waals surface area contributed by atoms with E-state index in [2.05, 4.69) is 21.2 Å². The van der Waals surface area contributed by atoms with Crippen LogP contribution in [0.2, 0.25) is 0 Å². The van der Waals surface area contributed by atoms with Crippen molar-refractivity contribution in [2.45, 2.75) is 38.3 Å². The van der Waals surface area contributed by atoms with Crippen LogP contribution in [-0.2, 0) is 6.54 Å². The normalized spacial score (nSPS) is 15.7. The number of nitrogens with one attached hydrogen (secondary N) is 1. The summed E-state index contributed by atoms with van der Waals surface area (Å²) in [5.41, 5.74) is 1.14. The average molecular weight is 311 g/mol.